The van der Waals surface area contributed by atoms with Gasteiger partial charge in [-0.1, -0.05) is 12.1 Å². The molecule has 0 amide bonds. The molecule has 4 aromatic carbocycles. The predicted octanol–water partition coefficient (Wildman–Crippen LogP) is 6.44. The van der Waals surface area contributed by atoms with Crippen molar-refractivity contribution in [3.05, 3.63) is 88.0 Å². The van der Waals surface area contributed by atoms with E-state index < -0.39 is 0 Å². The van der Waals surface area contributed by atoms with Crippen LogP contribution in [0.25, 0.3) is 11.1 Å². The first kappa shape index (κ1) is 29.3. The molecular formula is C37H40N2O6. The third kappa shape index (κ3) is 5.02. The number of rotatable bonds is 3. The maximum absolute atomic E-state index is 11.6. The first-order chi connectivity index (χ1) is 21.8. The van der Waals surface area contributed by atoms with Crippen LogP contribution >= 0.6 is 0 Å². The van der Waals surface area contributed by atoms with Crippen molar-refractivity contribution in [1.29, 1.82) is 0 Å². The Balaban J connectivity index is 1.52. The molecule has 3 heterocycles. The third-order valence-corrected chi connectivity index (χ3v) is 9.90. The molecule has 0 aromatic heterocycles. The minimum absolute atomic E-state index is 0.0265. The first-order valence-corrected chi connectivity index (χ1v) is 15.5. The van der Waals surface area contributed by atoms with Crippen molar-refractivity contribution in [1.82, 2.24) is 9.80 Å². The van der Waals surface area contributed by atoms with Crippen LogP contribution in [0.4, 0.5) is 0 Å². The highest BCUT2D eigenvalue weighted by Crippen LogP contribution is 2.51. The topological polar surface area (TPSA) is 83.9 Å². The van der Waals surface area contributed by atoms with Crippen molar-refractivity contribution in [2.45, 2.75) is 37.8 Å². The van der Waals surface area contributed by atoms with Gasteiger partial charge in [-0.05, 0) is 110 Å². The van der Waals surface area contributed by atoms with Gasteiger partial charge in [0.15, 0.2) is 23.0 Å². The van der Waals surface area contributed by atoms with E-state index in [2.05, 4.69) is 54.2 Å². The summed E-state index contributed by atoms with van der Waals surface area (Å²) in [6.07, 6.45) is 3.06. The Morgan fingerprint density at radius 1 is 0.689 bits per heavy atom. The van der Waals surface area contributed by atoms with Crippen LogP contribution in [0, 0.1) is 0 Å². The predicted molar refractivity (Wildman–Crippen MR) is 173 cm³/mol. The fourth-order valence-corrected chi connectivity index (χ4v) is 7.37. The number of ether oxygens (including phenoxy) is 4. The Kier molecular flexibility index (Phi) is 7.50. The fourth-order valence-electron chi connectivity index (χ4n) is 7.37. The molecule has 6 bridgehead atoms. The highest BCUT2D eigenvalue weighted by Gasteiger charge is 2.34. The van der Waals surface area contributed by atoms with Gasteiger partial charge in [-0.2, -0.15) is 0 Å². The van der Waals surface area contributed by atoms with Crippen LogP contribution in [-0.2, 0) is 25.7 Å². The summed E-state index contributed by atoms with van der Waals surface area (Å²) in [4.78, 5) is 4.67. The molecule has 2 N–H and O–H groups in total. The molecule has 3 aliphatic heterocycles. The van der Waals surface area contributed by atoms with E-state index in [1.165, 1.54) is 5.56 Å². The Labute approximate surface area is 264 Å². The SMILES string of the molecule is COc1cc2c3cc1Oc1c(O)c(OC)cc4c1C(Cc1ccc(OC)c(c1)-c1cc(ccc1O)CC3N(C)CC2)N(C)CC4. The Morgan fingerprint density at radius 2 is 1.31 bits per heavy atom. The Hall–Kier alpha value is -4.40. The quantitative estimate of drug-likeness (QED) is 0.275. The molecule has 8 heteroatoms. The molecule has 0 aliphatic carbocycles. The fraction of sp³-hybridized carbons (Fsp3) is 0.351. The molecular weight excluding hydrogens is 568 g/mol. The summed E-state index contributed by atoms with van der Waals surface area (Å²) in [7, 11) is 9.14. The molecule has 2 atom stereocenters. The van der Waals surface area contributed by atoms with Crippen LogP contribution in [0.2, 0.25) is 0 Å². The number of nitrogens with zero attached hydrogens (tertiary/aromatic N) is 2. The second kappa shape index (κ2) is 11.5. The second-order valence-electron chi connectivity index (χ2n) is 12.4. The van der Waals surface area contributed by atoms with E-state index in [1.54, 1.807) is 27.4 Å². The van der Waals surface area contributed by atoms with Crippen LogP contribution in [-0.4, -0.2) is 68.5 Å². The molecule has 3 aliphatic rings. The molecule has 8 nitrogen and oxygen atoms in total. The van der Waals surface area contributed by atoms with E-state index in [-0.39, 0.29) is 23.6 Å². The number of phenols is 2. The standard InChI is InChI=1S/C37H40N2O6/c1-38-12-10-23-18-32(43-4)33-20-25(23)28(38)16-21-6-8-30(40)26(14-21)27-15-22(7-9-31(27)42-3)17-29-35-24(11-13-39(29)2)19-34(44-5)36(41)37(35)45-33/h6-9,14-15,18-20,28-29,40-41H,10-13,16-17H2,1-5H3. The molecule has 4 aromatic rings. The lowest BCUT2D eigenvalue weighted by atomic mass is 9.86. The third-order valence-electron chi connectivity index (χ3n) is 9.90. The van der Waals surface area contributed by atoms with Gasteiger partial charge in [0.05, 0.1) is 21.3 Å². The van der Waals surface area contributed by atoms with E-state index in [9.17, 15) is 10.2 Å². The van der Waals surface area contributed by atoms with Gasteiger partial charge in [-0.25, -0.2) is 0 Å². The Morgan fingerprint density at radius 3 is 2.04 bits per heavy atom. The lowest BCUT2D eigenvalue weighted by Gasteiger charge is -2.37. The van der Waals surface area contributed by atoms with Gasteiger partial charge >= 0.3 is 0 Å². The monoisotopic (exact) mass is 608 g/mol. The van der Waals surface area contributed by atoms with Crippen LogP contribution in [0.5, 0.6) is 40.2 Å². The van der Waals surface area contributed by atoms with Gasteiger partial charge in [-0.15, -0.1) is 0 Å². The maximum Gasteiger partial charge on any atom is 0.201 e. The van der Waals surface area contributed by atoms with Gasteiger partial charge in [0.1, 0.15) is 11.5 Å². The summed E-state index contributed by atoms with van der Waals surface area (Å²) >= 11 is 0. The summed E-state index contributed by atoms with van der Waals surface area (Å²) in [6, 6.07) is 18.1. The van der Waals surface area contributed by atoms with Crippen molar-refractivity contribution in [3.63, 3.8) is 0 Å². The Bertz CT molecular complexity index is 1790. The zero-order valence-electron chi connectivity index (χ0n) is 26.5. The number of aromatic hydroxyl groups is 2. The van der Waals surface area contributed by atoms with Crippen molar-refractivity contribution in [2.24, 2.45) is 0 Å². The van der Waals surface area contributed by atoms with Crippen molar-refractivity contribution in [2.75, 3.05) is 48.5 Å². The maximum atomic E-state index is 11.6. The van der Waals surface area contributed by atoms with Crippen molar-refractivity contribution >= 4 is 0 Å². The van der Waals surface area contributed by atoms with Gasteiger partial charge < -0.3 is 29.2 Å². The number of hydrogen-bond acceptors (Lipinski definition) is 8. The number of methoxy groups -OCH3 is 3. The smallest absolute Gasteiger partial charge is 0.201 e. The normalized spacial score (nSPS) is 19.3. The van der Waals surface area contributed by atoms with Crippen LogP contribution in [0.3, 0.4) is 0 Å². The summed E-state index contributed by atoms with van der Waals surface area (Å²) in [5.41, 5.74) is 8.16. The number of benzene rings is 4. The largest absolute Gasteiger partial charge is 0.507 e. The highest BCUT2D eigenvalue weighted by atomic mass is 16.5. The number of likely N-dealkylation sites (N-methyl/N-ethyl adjacent to an activating group) is 2. The summed E-state index contributed by atoms with van der Waals surface area (Å²) in [5, 5.41) is 22.8. The highest BCUT2D eigenvalue weighted by molar-refractivity contribution is 5.77. The van der Waals surface area contributed by atoms with Gasteiger partial charge in [0.2, 0.25) is 5.75 Å². The van der Waals surface area contributed by atoms with Gasteiger partial charge in [0, 0.05) is 41.9 Å². The van der Waals surface area contributed by atoms with E-state index >= 15 is 0 Å². The molecule has 0 fully saturated rings. The lowest BCUT2D eigenvalue weighted by Crippen LogP contribution is -2.34. The minimum atomic E-state index is -0.0999. The molecule has 0 saturated carbocycles. The molecule has 0 saturated heterocycles. The van der Waals surface area contributed by atoms with E-state index in [4.69, 9.17) is 18.9 Å². The summed E-state index contributed by atoms with van der Waals surface area (Å²) < 4.78 is 24.1. The molecule has 45 heavy (non-hydrogen) atoms. The van der Waals surface area contributed by atoms with Crippen molar-refractivity contribution < 1.29 is 29.2 Å². The molecule has 7 rings (SSSR count). The van der Waals surface area contributed by atoms with Crippen LogP contribution in [0.15, 0.2) is 54.6 Å². The zero-order valence-corrected chi connectivity index (χ0v) is 26.5. The first-order valence-electron chi connectivity index (χ1n) is 15.5. The van der Waals surface area contributed by atoms with E-state index in [0.29, 0.717) is 35.2 Å². The number of fused-ring (bicyclic) bond motifs is 6. The molecule has 0 spiro atoms. The van der Waals surface area contributed by atoms with Crippen LogP contribution in [0.1, 0.15) is 45.5 Å². The minimum Gasteiger partial charge on any atom is -0.507 e. The second-order valence-corrected chi connectivity index (χ2v) is 12.4. The molecule has 234 valence electrons. The number of hydrogen-bond donors (Lipinski definition) is 2. The van der Waals surface area contributed by atoms with E-state index in [0.717, 1.165) is 71.3 Å². The van der Waals surface area contributed by atoms with Gasteiger partial charge in [0.25, 0.3) is 0 Å². The molecule has 0 radical (unpaired) electrons. The van der Waals surface area contributed by atoms with Crippen LogP contribution < -0.4 is 18.9 Å². The van der Waals surface area contributed by atoms with Gasteiger partial charge in [-0.3, -0.25) is 9.80 Å². The summed E-state index contributed by atoms with van der Waals surface area (Å²) in [5.74, 6) is 2.85. The van der Waals surface area contributed by atoms with E-state index in [1.807, 2.05) is 18.2 Å². The zero-order chi connectivity index (χ0) is 31.4. The average molecular weight is 609 g/mol. The molecule has 2 unspecified atom stereocenters. The average Bonchev–Trinajstić information content (AvgIpc) is 3.05. The number of phenolic OH excluding ortho intramolecular Hbond substituents is 2. The van der Waals surface area contributed by atoms with Crippen molar-refractivity contribution in [3.8, 4) is 51.4 Å². The lowest BCUT2D eigenvalue weighted by molar-refractivity contribution is 0.220. The summed E-state index contributed by atoms with van der Waals surface area (Å²) in [6.45, 7) is 1.74.